The van der Waals surface area contributed by atoms with Gasteiger partial charge in [-0.15, -0.1) is 0 Å². The number of ether oxygens (including phenoxy) is 1. The lowest BCUT2D eigenvalue weighted by atomic mass is 9.68. The Morgan fingerprint density at radius 2 is 2.04 bits per heavy atom. The number of amides is 1. The quantitative estimate of drug-likeness (QED) is 0.911. The van der Waals surface area contributed by atoms with Crippen molar-refractivity contribution in [1.82, 2.24) is 4.90 Å². The van der Waals surface area contributed by atoms with E-state index in [1.807, 2.05) is 18.2 Å². The lowest BCUT2D eigenvalue weighted by Gasteiger charge is -2.42. The molecular formula is C20H25NO4. The molecule has 4 unspecified atom stereocenters. The SMILES string of the molecule is O=C(O)C1CN(C(=O)C2(Cc3ccccc3)CC3CCC2C3)CCO1. The third kappa shape index (κ3) is 2.95. The van der Waals surface area contributed by atoms with Gasteiger partial charge < -0.3 is 14.7 Å². The van der Waals surface area contributed by atoms with E-state index in [0.717, 1.165) is 25.7 Å². The number of aliphatic carboxylic acids is 1. The summed E-state index contributed by atoms with van der Waals surface area (Å²) in [6, 6.07) is 10.2. The molecule has 1 aromatic rings. The van der Waals surface area contributed by atoms with Gasteiger partial charge in [0.1, 0.15) is 0 Å². The van der Waals surface area contributed by atoms with Crippen molar-refractivity contribution in [2.45, 2.75) is 38.2 Å². The molecule has 5 nitrogen and oxygen atoms in total. The zero-order valence-corrected chi connectivity index (χ0v) is 14.4. The van der Waals surface area contributed by atoms with Crippen LogP contribution in [0.2, 0.25) is 0 Å². The number of carbonyl (C=O) groups excluding carboxylic acids is 1. The Kier molecular flexibility index (Phi) is 4.28. The first kappa shape index (κ1) is 16.6. The van der Waals surface area contributed by atoms with Gasteiger partial charge in [0.15, 0.2) is 6.10 Å². The minimum atomic E-state index is -0.984. The zero-order valence-electron chi connectivity index (χ0n) is 14.4. The van der Waals surface area contributed by atoms with E-state index < -0.39 is 12.1 Å². The molecule has 2 saturated carbocycles. The molecule has 1 heterocycles. The molecule has 1 amide bonds. The van der Waals surface area contributed by atoms with Crippen LogP contribution in [-0.4, -0.2) is 47.7 Å². The molecule has 5 heteroatoms. The second-order valence-electron chi connectivity index (χ2n) is 7.85. The number of benzene rings is 1. The van der Waals surface area contributed by atoms with E-state index >= 15 is 0 Å². The van der Waals surface area contributed by atoms with Crippen LogP contribution in [0.25, 0.3) is 0 Å². The highest BCUT2D eigenvalue weighted by molar-refractivity contribution is 5.85. The molecule has 0 spiro atoms. The van der Waals surface area contributed by atoms with Crippen molar-refractivity contribution in [1.29, 1.82) is 0 Å². The second-order valence-corrected chi connectivity index (χ2v) is 7.85. The summed E-state index contributed by atoms with van der Waals surface area (Å²) in [4.78, 5) is 26.6. The summed E-state index contributed by atoms with van der Waals surface area (Å²) >= 11 is 0. The van der Waals surface area contributed by atoms with Crippen molar-refractivity contribution in [3.8, 4) is 0 Å². The molecule has 0 aromatic heterocycles. The fourth-order valence-corrected chi connectivity index (χ4v) is 5.26. The number of carboxylic acids is 1. The topological polar surface area (TPSA) is 66.8 Å². The normalized spacial score (nSPS) is 34.2. The molecule has 3 fully saturated rings. The van der Waals surface area contributed by atoms with Crippen LogP contribution in [0, 0.1) is 17.3 Å². The van der Waals surface area contributed by atoms with E-state index in [2.05, 4.69) is 12.1 Å². The minimum absolute atomic E-state index is 0.151. The van der Waals surface area contributed by atoms with Crippen LogP contribution < -0.4 is 0 Å². The highest BCUT2D eigenvalue weighted by Gasteiger charge is 2.56. The Morgan fingerprint density at radius 3 is 2.68 bits per heavy atom. The molecule has 4 rings (SSSR count). The maximum Gasteiger partial charge on any atom is 0.334 e. The molecule has 3 aliphatic rings. The van der Waals surface area contributed by atoms with Gasteiger partial charge in [0.25, 0.3) is 0 Å². The van der Waals surface area contributed by atoms with Crippen molar-refractivity contribution in [3.63, 3.8) is 0 Å². The molecule has 1 saturated heterocycles. The molecule has 25 heavy (non-hydrogen) atoms. The van der Waals surface area contributed by atoms with E-state index in [9.17, 15) is 14.7 Å². The van der Waals surface area contributed by atoms with E-state index in [1.54, 1.807) is 4.90 Å². The number of nitrogens with zero attached hydrogens (tertiary/aromatic N) is 1. The molecule has 134 valence electrons. The van der Waals surface area contributed by atoms with Crippen LogP contribution in [0.4, 0.5) is 0 Å². The van der Waals surface area contributed by atoms with Gasteiger partial charge in [-0.25, -0.2) is 4.79 Å². The van der Waals surface area contributed by atoms with Crippen LogP contribution in [0.5, 0.6) is 0 Å². The first-order valence-electron chi connectivity index (χ1n) is 9.26. The van der Waals surface area contributed by atoms with Crippen molar-refractivity contribution in [2.75, 3.05) is 19.7 Å². The summed E-state index contributed by atoms with van der Waals surface area (Å²) in [6.07, 6.45) is 4.31. The van der Waals surface area contributed by atoms with E-state index in [-0.39, 0.29) is 17.9 Å². The van der Waals surface area contributed by atoms with Gasteiger partial charge >= 0.3 is 5.97 Å². The number of carboxylic acid groups (broad SMARTS) is 1. The number of fused-ring (bicyclic) bond motifs is 2. The molecule has 2 aliphatic carbocycles. The smallest absolute Gasteiger partial charge is 0.334 e. The number of morpholine rings is 1. The summed E-state index contributed by atoms with van der Waals surface area (Å²) in [5.41, 5.74) is 0.844. The Labute approximate surface area is 148 Å². The summed E-state index contributed by atoms with van der Waals surface area (Å²) in [5.74, 6) is 0.242. The zero-order chi connectivity index (χ0) is 17.4. The standard InChI is InChI=1S/C20H25NO4/c22-18(23)17-13-21(8-9-25-17)19(24)20(11-14-4-2-1-3-5-14)12-15-6-7-16(20)10-15/h1-5,15-17H,6-13H2,(H,22,23). The van der Waals surface area contributed by atoms with Gasteiger partial charge in [-0.05, 0) is 43.1 Å². The first-order chi connectivity index (χ1) is 12.1. The van der Waals surface area contributed by atoms with Gasteiger partial charge in [-0.1, -0.05) is 36.8 Å². The van der Waals surface area contributed by atoms with E-state index in [1.165, 1.54) is 12.0 Å². The largest absolute Gasteiger partial charge is 0.479 e. The van der Waals surface area contributed by atoms with Crippen LogP contribution in [0.1, 0.15) is 31.2 Å². The van der Waals surface area contributed by atoms with Crippen molar-refractivity contribution < 1.29 is 19.4 Å². The van der Waals surface area contributed by atoms with Gasteiger partial charge in [-0.2, -0.15) is 0 Å². The lowest BCUT2D eigenvalue weighted by molar-refractivity contribution is -0.164. The predicted molar refractivity (Wildman–Crippen MR) is 92.0 cm³/mol. The Morgan fingerprint density at radius 1 is 1.24 bits per heavy atom. The third-order valence-electron chi connectivity index (χ3n) is 6.39. The van der Waals surface area contributed by atoms with Crippen LogP contribution in [0.3, 0.4) is 0 Å². The minimum Gasteiger partial charge on any atom is -0.479 e. The number of hydrogen-bond donors (Lipinski definition) is 1. The summed E-state index contributed by atoms with van der Waals surface area (Å²) in [6.45, 7) is 0.969. The van der Waals surface area contributed by atoms with Crippen LogP contribution in [0.15, 0.2) is 30.3 Å². The third-order valence-corrected chi connectivity index (χ3v) is 6.39. The maximum absolute atomic E-state index is 13.6. The maximum atomic E-state index is 13.6. The first-order valence-corrected chi connectivity index (χ1v) is 9.26. The predicted octanol–water partition coefficient (Wildman–Crippen LogP) is 2.35. The molecule has 2 bridgehead atoms. The van der Waals surface area contributed by atoms with Crippen molar-refractivity contribution in [2.24, 2.45) is 17.3 Å². The fraction of sp³-hybridized carbons (Fsp3) is 0.600. The van der Waals surface area contributed by atoms with E-state index in [4.69, 9.17) is 4.74 Å². The Bertz CT molecular complexity index is 661. The highest BCUT2D eigenvalue weighted by atomic mass is 16.5. The average molecular weight is 343 g/mol. The summed E-state index contributed by atoms with van der Waals surface area (Å²) in [7, 11) is 0. The number of rotatable bonds is 4. The van der Waals surface area contributed by atoms with Crippen molar-refractivity contribution >= 4 is 11.9 Å². The molecule has 1 aromatic carbocycles. The van der Waals surface area contributed by atoms with Crippen molar-refractivity contribution in [3.05, 3.63) is 35.9 Å². The van der Waals surface area contributed by atoms with Gasteiger partial charge in [-0.3, -0.25) is 4.79 Å². The number of carbonyl (C=O) groups is 2. The fourth-order valence-electron chi connectivity index (χ4n) is 5.26. The van der Waals surface area contributed by atoms with Gasteiger partial charge in [0.05, 0.1) is 18.6 Å². The van der Waals surface area contributed by atoms with Gasteiger partial charge in [0, 0.05) is 6.54 Å². The summed E-state index contributed by atoms with van der Waals surface area (Å²) in [5, 5.41) is 9.24. The average Bonchev–Trinajstić information content (AvgIpc) is 3.23. The molecule has 4 atom stereocenters. The van der Waals surface area contributed by atoms with E-state index in [0.29, 0.717) is 25.0 Å². The number of hydrogen-bond acceptors (Lipinski definition) is 3. The second kappa shape index (κ2) is 6.45. The van der Waals surface area contributed by atoms with Gasteiger partial charge in [0.2, 0.25) is 5.91 Å². The summed E-state index contributed by atoms with van der Waals surface area (Å²) < 4.78 is 5.30. The van der Waals surface area contributed by atoms with Crippen LogP contribution >= 0.6 is 0 Å². The lowest BCUT2D eigenvalue weighted by Crippen LogP contribution is -2.55. The highest BCUT2D eigenvalue weighted by Crippen LogP contribution is 2.58. The molecular weight excluding hydrogens is 318 g/mol. The monoisotopic (exact) mass is 343 g/mol. The molecule has 1 aliphatic heterocycles. The molecule has 1 N–H and O–H groups in total. The van der Waals surface area contributed by atoms with Crippen LogP contribution in [-0.2, 0) is 20.7 Å². The Balaban J connectivity index is 1.60. The molecule has 0 radical (unpaired) electrons. The Hall–Kier alpha value is -1.88.